The van der Waals surface area contributed by atoms with Gasteiger partial charge in [0, 0.05) is 12.6 Å². The summed E-state index contributed by atoms with van der Waals surface area (Å²) in [5.41, 5.74) is 2.07. The van der Waals surface area contributed by atoms with Crippen LogP contribution in [0.5, 0.6) is 5.75 Å². The standard InChI is InChI=1S/C30H36ClN3O5S/c1-6-27(30(36)32-21(2)3)33(19-23-14-12-22(4)13-15-23)29(35)20-34(24-16-17-28(39-5)26(31)18-24)40(37,38)25-10-8-7-9-11-25/h7-18,21,27H,6,19-20H2,1-5H3,(H,32,36). The molecule has 40 heavy (non-hydrogen) atoms. The van der Waals surface area contributed by atoms with E-state index in [1.165, 1.54) is 36.3 Å². The van der Waals surface area contributed by atoms with Crippen molar-refractivity contribution in [2.75, 3.05) is 18.0 Å². The summed E-state index contributed by atoms with van der Waals surface area (Å²) in [6.07, 6.45) is 0.343. The van der Waals surface area contributed by atoms with Crippen molar-refractivity contribution in [3.63, 3.8) is 0 Å². The number of ether oxygens (including phenoxy) is 1. The van der Waals surface area contributed by atoms with Gasteiger partial charge in [0.1, 0.15) is 18.3 Å². The molecule has 0 bridgehead atoms. The van der Waals surface area contributed by atoms with Crippen molar-refractivity contribution >= 4 is 39.1 Å². The zero-order chi connectivity index (χ0) is 29.4. The Hall–Kier alpha value is -3.56. The van der Waals surface area contributed by atoms with Gasteiger partial charge in [-0.05, 0) is 63.1 Å². The number of rotatable bonds is 12. The number of carbonyl (C=O) groups is 2. The topological polar surface area (TPSA) is 96.0 Å². The quantitative estimate of drug-likeness (QED) is 0.316. The molecule has 1 atom stereocenters. The number of methoxy groups -OCH3 is 1. The second kappa shape index (κ2) is 13.7. The lowest BCUT2D eigenvalue weighted by molar-refractivity contribution is -0.140. The van der Waals surface area contributed by atoms with E-state index in [0.717, 1.165) is 15.4 Å². The Morgan fingerprint density at radius 3 is 2.20 bits per heavy atom. The minimum Gasteiger partial charge on any atom is -0.495 e. The number of halogens is 1. The fourth-order valence-electron chi connectivity index (χ4n) is 4.25. The van der Waals surface area contributed by atoms with Crippen LogP contribution in [-0.4, -0.2) is 50.9 Å². The number of benzene rings is 3. The van der Waals surface area contributed by atoms with E-state index < -0.39 is 28.5 Å². The van der Waals surface area contributed by atoms with Crippen molar-refractivity contribution in [2.45, 2.75) is 57.6 Å². The molecular formula is C30H36ClN3O5S. The summed E-state index contributed by atoms with van der Waals surface area (Å²) in [6, 6.07) is 19.1. The van der Waals surface area contributed by atoms with Crippen molar-refractivity contribution in [3.8, 4) is 5.75 Å². The fourth-order valence-corrected chi connectivity index (χ4v) is 5.93. The first-order chi connectivity index (χ1) is 19.0. The average molecular weight is 586 g/mol. The summed E-state index contributed by atoms with van der Waals surface area (Å²) >= 11 is 6.36. The molecule has 0 saturated carbocycles. The van der Waals surface area contributed by atoms with Gasteiger partial charge in [-0.25, -0.2) is 8.42 Å². The van der Waals surface area contributed by atoms with Gasteiger partial charge in [0.05, 0.1) is 22.7 Å². The highest BCUT2D eigenvalue weighted by molar-refractivity contribution is 7.92. The van der Waals surface area contributed by atoms with Gasteiger partial charge in [-0.3, -0.25) is 13.9 Å². The number of amides is 2. The SMILES string of the molecule is CCC(C(=O)NC(C)C)N(Cc1ccc(C)cc1)C(=O)CN(c1ccc(OC)c(Cl)c1)S(=O)(=O)c1ccccc1. The molecule has 214 valence electrons. The Bertz CT molecular complexity index is 1410. The Balaban J connectivity index is 2.08. The summed E-state index contributed by atoms with van der Waals surface area (Å²) in [5, 5.41) is 3.08. The molecule has 0 saturated heterocycles. The van der Waals surface area contributed by atoms with Gasteiger partial charge < -0.3 is 15.0 Å². The van der Waals surface area contributed by atoms with Gasteiger partial charge in [-0.1, -0.05) is 66.6 Å². The van der Waals surface area contributed by atoms with Gasteiger partial charge in [-0.2, -0.15) is 0 Å². The highest BCUT2D eigenvalue weighted by Gasteiger charge is 2.34. The van der Waals surface area contributed by atoms with Crippen molar-refractivity contribution in [3.05, 3.63) is 88.9 Å². The monoisotopic (exact) mass is 585 g/mol. The van der Waals surface area contributed by atoms with Crippen LogP contribution < -0.4 is 14.4 Å². The van der Waals surface area contributed by atoms with Crippen LogP contribution in [0.1, 0.15) is 38.3 Å². The average Bonchev–Trinajstić information content (AvgIpc) is 2.92. The number of nitrogens with zero attached hydrogens (tertiary/aromatic N) is 2. The number of hydrogen-bond donors (Lipinski definition) is 1. The van der Waals surface area contributed by atoms with Crippen LogP contribution in [0.15, 0.2) is 77.7 Å². The number of sulfonamides is 1. The summed E-state index contributed by atoms with van der Waals surface area (Å²) in [5.74, 6) is -0.466. The van der Waals surface area contributed by atoms with Crippen LogP contribution in [0.25, 0.3) is 0 Å². The zero-order valence-electron chi connectivity index (χ0n) is 23.4. The first-order valence-corrected chi connectivity index (χ1v) is 14.9. The predicted octanol–water partition coefficient (Wildman–Crippen LogP) is 5.18. The van der Waals surface area contributed by atoms with Crippen molar-refractivity contribution in [1.82, 2.24) is 10.2 Å². The number of aryl methyl sites for hydroxylation is 1. The predicted molar refractivity (Wildman–Crippen MR) is 158 cm³/mol. The van der Waals surface area contributed by atoms with Crippen LogP contribution in [-0.2, 0) is 26.2 Å². The van der Waals surface area contributed by atoms with E-state index in [2.05, 4.69) is 5.32 Å². The second-order valence-electron chi connectivity index (χ2n) is 9.74. The number of nitrogens with one attached hydrogen (secondary N) is 1. The molecule has 0 radical (unpaired) electrons. The molecule has 3 rings (SSSR count). The van der Waals surface area contributed by atoms with Gasteiger partial charge in [-0.15, -0.1) is 0 Å². The van der Waals surface area contributed by atoms with Crippen LogP contribution in [0, 0.1) is 6.92 Å². The number of anilines is 1. The molecule has 10 heteroatoms. The second-order valence-corrected chi connectivity index (χ2v) is 12.0. The Labute approximate surface area is 241 Å². The van der Waals surface area contributed by atoms with Crippen molar-refractivity contribution in [1.29, 1.82) is 0 Å². The van der Waals surface area contributed by atoms with Crippen molar-refractivity contribution in [2.24, 2.45) is 0 Å². The third-order valence-corrected chi connectivity index (χ3v) is 8.41. The minimum atomic E-state index is -4.18. The third kappa shape index (κ3) is 7.55. The van der Waals surface area contributed by atoms with Crippen LogP contribution in [0.2, 0.25) is 5.02 Å². The fraction of sp³-hybridized carbons (Fsp3) is 0.333. The lowest BCUT2D eigenvalue weighted by Crippen LogP contribution is -2.53. The van der Waals surface area contributed by atoms with Crippen LogP contribution in [0.4, 0.5) is 5.69 Å². The van der Waals surface area contributed by atoms with E-state index in [9.17, 15) is 18.0 Å². The Morgan fingerprint density at radius 1 is 1.00 bits per heavy atom. The van der Waals surface area contributed by atoms with Gasteiger partial charge in [0.15, 0.2) is 0 Å². The van der Waals surface area contributed by atoms with E-state index in [1.807, 2.05) is 52.0 Å². The molecule has 3 aromatic carbocycles. The van der Waals surface area contributed by atoms with E-state index in [-0.39, 0.29) is 34.1 Å². The first kappa shape index (κ1) is 31.0. The van der Waals surface area contributed by atoms with E-state index in [0.29, 0.717) is 12.2 Å². The molecule has 0 aliphatic rings. The summed E-state index contributed by atoms with van der Waals surface area (Å²) in [7, 11) is -2.73. The summed E-state index contributed by atoms with van der Waals surface area (Å²) in [6.45, 7) is 7.06. The Kier molecular flexibility index (Phi) is 10.6. The smallest absolute Gasteiger partial charge is 0.264 e. The molecule has 3 aromatic rings. The summed E-state index contributed by atoms with van der Waals surface area (Å²) in [4.78, 5) is 28.7. The normalized spacial score (nSPS) is 12.1. The first-order valence-electron chi connectivity index (χ1n) is 13.0. The van der Waals surface area contributed by atoms with E-state index in [1.54, 1.807) is 24.3 Å². The van der Waals surface area contributed by atoms with Gasteiger partial charge in [0.25, 0.3) is 10.0 Å². The highest BCUT2D eigenvalue weighted by atomic mass is 35.5. The minimum absolute atomic E-state index is 0.0180. The zero-order valence-corrected chi connectivity index (χ0v) is 25.0. The van der Waals surface area contributed by atoms with E-state index in [4.69, 9.17) is 16.3 Å². The molecular weight excluding hydrogens is 550 g/mol. The van der Waals surface area contributed by atoms with Crippen LogP contribution in [0.3, 0.4) is 0 Å². The van der Waals surface area contributed by atoms with Gasteiger partial charge in [0.2, 0.25) is 11.8 Å². The highest BCUT2D eigenvalue weighted by Crippen LogP contribution is 2.32. The molecule has 0 aromatic heterocycles. The summed E-state index contributed by atoms with van der Waals surface area (Å²) < 4.78 is 34.0. The lowest BCUT2D eigenvalue weighted by Gasteiger charge is -2.33. The Morgan fingerprint density at radius 2 is 1.65 bits per heavy atom. The maximum atomic E-state index is 14.1. The lowest BCUT2D eigenvalue weighted by atomic mass is 10.1. The largest absolute Gasteiger partial charge is 0.495 e. The number of carbonyl (C=O) groups excluding carboxylic acids is 2. The van der Waals surface area contributed by atoms with Gasteiger partial charge >= 0.3 is 0 Å². The molecule has 0 fully saturated rings. The van der Waals surface area contributed by atoms with Crippen LogP contribution >= 0.6 is 11.6 Å². The maximum absolute atomic E-state index is 14.1. The van der Waals surface area contributed by atoms with E-state index >= 15 is 0 Å². The maximum Gasteiger partial charge on any atom is 0.264 e. The molecule has 0 heterocycles. The molecule has 0 aliphatic heterocycles. The molecule has 0 aliphatic carbocycles. The molecule has 0 spiro atoms. The molecule has 1 unspecified atom stereocenters. The molecule has 8 nitrogen and oxygen atoms in total. The molecule has 2 amide bonds. The molecule has 1 N–H and O–H groups in total. The number of hydrogen-bond acceptors (Lipinski definition) is 5. The van der Waals surface area contributed by atoms with Crippen molar-refractivity contribution < 1.29 is 22.7 Å². The third-order valence-electron chi connectivity index (χ3n) is 6.32.